The van der Waals surface area contributed by atoms with E-state index in [1.807, 2.05) is 37.3 Å². The predicted molar refractivity (Wildman–Crippen MR) is 109 cm³/mol. The number of hydrogen-bond acceptors (Lipinski definition) is 5. The Hall–Kier alpha value is -2.03. The maximum Gasteiger partial charge on any atom is 0.243 e. The van der Waals surface area contributed by atoms with Crippen molar-refractivity contribution in [2.24, 2.45) is 0 Å². The van der Waals surface area contributed by atoms with Crippen LogP contribution in [0.15, 0.2) is 58.2 Å². The molecule has 0 saturated carbocycles. The Labute approximate surface area is 167 Å². The maximum absolute atomic E-state index is 12.9. The topological polar surface area (TPSA) is 66.4 Å². The number of fused-ring (bicyclic) bond motifs is 1. The number of piperazine rings is 1. The van der Waals surface area contributed by atoms with E-state index in [-0.39, 0.29) is 0 Å². The van der Waals surface area contributed by atoms with Gasteiger partial charge in [-0.25, -0.2) is 18.4 Å². The van der Waals surface area contributed by atoms with E-state index >= 15 is 0 Å². The van der Waals surface area contributed by atoms with Crippen molar-refractivity contribution in [2.45, 2.75) is 11.8 Å². The lowest BCUT2D eigenvalue weighted by Gasteiger charge is -2.35. The first-order valence-electron chi connectivity index (χ1n) is 8.67. The minimum atomic E-state index is -3.47. The fourth-order valence-electron chi connectivity index (χ4n) is 3.27. The highest BCUT2D eigenvalue weighted by Crippen LogP contribution is 2.27. The highest BCUT2D eigenvalue weighted by atomic mass is 79.9. The number of anilines is 1. The Balaban J connectivity index is 1.56. The summed E-state index contributed by atoms with van der Waals surface area (Å²) in [5.74, 6) is 0.841. The molecule has 1 aliphatic rings. The molecule has 3 aromatic rings. The number of halogens is 1. The average Bonchev–Trinajstić information content (AvgIpc) is 2.68. The number of benzene rings is 2. The van der Waals surface area contributed by atoms with Gasteiger partial charge in [0.2, 0.25) is 10.0 Å². The van der Waals surface area contributed by atoms with Crippen LogP contribution in [0.2, 0.25) is 0 Å². The Morgan fingerprint density at radius 3 is 2.37 bits per heavy atom. The molecule has 0 radical (unpaired) electrons. The van der Waals surface area contributed by atoms with Gasteiger partial charge < -0.3 is 4.90 Å². The Morgan fingerprint density at radius 2 is 1.67 bits per heavy atom. The monoisotopic (exact) mass is 446 g/mol. The normalized spacial score (nSPS) is 16.0. The molecule has 0 atom stereocenters. The van der Waals surface area contributed by atoms with Gasteiger partial charge in [-0.1, -0.05) is 33.6 Å². The standard InChI is InChI=1S/C19H19BrN4O2S/c1-14-2-5-16(6-3-14)27(25,26)24-10-8-23(9-11-24)19-17-12-15(20)4-7-18(17)21-13-22-19/h2-7,12-13H,8-11H2,1H3. The summed E-state index contributed by atoms with van der Waals surface area (Å²) in [6.07, 6.45) is 1.56. The van der Waals surface area contributed by atoms with Crippen molar-refractivity contribution in [3.8, 4) is 0 Å². The summed E-state index contributed by atoms with van der Waals surface area (Å²) < 4.78 is 28.3. The molecular weight excluding hydrogens is 428 g/mol. The van der Waals surface area contributed by atoms with Gasteiger partial charge in [-0.15, -0.1) is 0 Å². The molecule has 0 N–H and O–H groups in total. The Bertz CT molecular complexity index is 1080. The van der Waals surface area contributed by atoms with Gasteiger partial charge in [0.25, 0.3) is 0 Å². The molecule has 0 unspecified atom stereocenters. The smallest absolute Gasteiger partial charge is 0.243 e. The zero-order valence-corrected chi connectivity index (χ0v) is 17.2. The SMILES string of the molecule is Cc1ccc(S(=O)(=O)N2CCN(c3ncnc4ccc(Br)cc34)CC2)cc1. The summed E-state index contributed by atoms with van der Waals surface area (Å²) in [7, 11) is -3.47. The number of aryl methyl sites for hydroxylation is 1. The molecular formula is C19H19BrN4O2S. The molecule has 0 spiro atoms. The van der Waals surface area contributed by atoms with Gasteiger partial charge in [-0.2, -0.15) is 4.31 Å². The van der Waals surface area contributed by atoms with Gasteiger partial charge in [0, 0.05) is 36.0 Å². The molecule has 4 rings (SSSR count). The molecule has 2 heterocycles. The van der Waals surface area contributed by atoms with Crippen molar-refractivity contribution < 1.29 is 8.42 Å². The summed E-state index contributed by atoms with van der Waals surface area (Å²) in [6, 6.07) is 12.9. The molecule has 0 amide bonds. The number of aromatic nitrogens is 2. The van der Waals surface area contributed by atoms with Crippen LogP contribution in [0.4, 0.5) is 5.82 Å². The van der Waals surface area contributed by atoms with Crippen molar-refractivity contribution in [2.75, 3.05) is 31.1 Å². The molecule has 8 heteroatoms. The van der Waals surface area contributed by atoms with Crippen molar-refractivity contribution in [3.63, 3.8) is 0 Å². The lowest BCUT2D eigenvalue weighted by Crippen LogP contribution is -2.49. The highest BCUT2D eigenvalue weighted by molar-refractivity contribution is 9.10. The van der Waals surface area contributed by atoms with E-state index in [4.69, 9.17) is 0 Å². The highest BCUT2D eigenvalue weighted by Gasteiger charge is 2.29. The van der Waals surface area contributed by atoms with Gasteiger partial charge >= 0.3 is 0 Å². The van der Waals surface area contributed by atoms with Crippen LogP contribution < -0.4 is 4.90 Å². The first-order chi connectivity index (χ1) is 12.9. The van der Waals surface area contributed by atoms with E-state index in [0.29, 0.717) is 31.1 Å². The lowest BCUT2D eigenvalue weighted by molar-refractivity contribution is 0.384. The fraction of sp³-hybridized carbons (Fsp3) is 0.263. The van der Waals surface area contributed by atoms with Gasteiger partial charge in [-0.3, -0.25) is 0 Å². The second-order valence-corrected chi connectivity index (χ2v) is 9.42. The van der Waals surface area contributed by atoms with Crippen LogP contribution in [0.3, 0.4) is 0 Å². The van der Waals surface area contributed by atoms with Crippen LogP contribution >= 0.6 is 15.9 Å². The first-order valence-corrected chi connectivity index (χ1v) is 10.9. The summed E-state index contributed by atoms with van der Waals surface area (Å²) in [6.45, 7) is 3.97. The molecule has 1 saturated heterocycles. The van der Waals surface area contributed by atoms with E-state index < -0.39 is 10.0 Å². The molecule has 2 aromatic carbocycles. The first kappa shape index (κ1) is 18.3. The van der Waals surface area contributed by atoms with E-state index in [2.05, 4.69) is 30.8 Å². The maximum atomic E-state index is 12.9. The quantitative estimate of drug-likeness (QED) is 0.617. The van der Waals surface area contributed by atoms with Gasteiger partial charge in [0.1, 0.15) is 12.1 Å². The lowest BCUT2D eigenvalue weighted by atomic mass is 10.2. The molecule has 6 nitrogen and oxygen atoms in total. The summed E-state index contributed by atoms with van der Waals surface area (Å²) in [5, 5.41) is 0.960. The van der Waals surface area contributed by atoms with Crippen LogP contribution in [0, 0.1) is 6.92 Å². The average molecular weight is 447 g/mol. The molecule has 1 aliphatic heterocycles. The molecule has 1 aromatic heterocycles. The molecule has 1 fully saturated rings. The number of hydrogen-bond donors (Lipinski definition) is 0. The third-order valence-electron chi connectivity index (χ3n) is 4.77. The number of nitrogens with zero attached hydrogens (tertiary/aromatic N) is 4. The summed E-state index contributed by atoms with van der Waals surface area (Å²) >= 11 is 3.50. The van der Waals surface area contributed by atoms with Crippen molar-refractivity contribution in [1.82, 2.24) is 14.3 Å². The minimum absolute atomic E-state index is 0.345. The molecule has 140 valence electrons. The van der Waals surface area contributed by atoms with Gasteiger partial charge in [0.15, 0.2) is 0 Å². The molecule has 0 aliphatic carbocycles. The number of sulfonamides is 1. The van der Waals surface area contributed by atoms with Crippen molar-refractivity contribution in [1.29, 1.82) is 0 Å². The third kappa shape index (κ3) is 3.56. The van der Waals surface area contributed by atoms with Gasteiger partial charge in [-0.05, 0) is 37.3 Å². The minimum Gasteiger partial charge on any atom is -0.353 e. The van der Waals surface area contributed by atoms with E-state index in [0.717, 1.165) is 26.8 Å². The van der Waals surface area contributed by atoms with E-state index in [1.165, 1.54) is 0 Å². The second kappa shape index (κ2) is 7.18. The van der Waals surface area contributed by atoms with Crippen molar-refractivity contribution >= 4 is 42.7 Å². The number of rotatable bonds is 3. The van der Waals surface area contributed by atoms with Crippen LogP contribution in [0.1, 0.15) is 5.56 Å². The Morgan fingerprint density at radius 1 is 0.963 bits per heavy atom. The van der Waals surface area contributed by atoms with Crippen molar-refractivity contribution in [3.05, 3.63) is 58.8 Å². The van der Waals surface area contributed by atoms with Crippen LogP contribution in [-0.4, -0.2) is 48.9 Å². The van der Waals surface area contributed by atoms with E-state index in [1.54, 1.807) is 22.8 Å². The van der Waals surface area contributed by atoms with Crippen LogP contribution in [-0.2, 0) is 10.0 Å². The van der Waals surface area contributed by atoms with Gasteiger partial charge in [0.05, 0.1) is 10.4 Å². The van der Waals surface area contributed by atoms with E-state index in [9.17, 15) is 8.42 Å². The second-order valence-electron chi connectivity index (χ2n) is 6.56. The van der Waals surface area contributed by atoms with Crippen LogP contribution in [0.25, 0.3) is 10.9 Å². The summed E-state index contributed by atoms with van der Waals surface area (Å²) in [4.78, 5) is 11.2. The molecule has 27 heavy (non-hydrogen) atoms. The Kier molecular flexibility index (Phi) is 4.88. The van der Waals surface area contributed by atoms with Crippen LogP contribution in [0.5, 0.6) is 0 Å². The molecule has 0 bridgehead atoms. The summed E-state index contributed by atoms with van der Waals surface area (Å²) in [5.41, 5.74) is 1.92. The predicted octanol–water partition coefficient (Wildman–Crippen LogP) is 3.21. The zero-order valence-electron chi connectivity index (χ0n) is 14.8. The largest absolute Gasteiger partial charge is 0.353 e. The third-order valence-corrected chi connectivity index (χ3v) is 7.18. The zero-order chi connectivity index (χ0) is 19.0. The fourth-order valence-corrected chi connectivity index (χ4v) is 5.05.